The number of nitrogens with one attached hydrogen (secondary N) is 1. The van der Waals surface area contributed by atoms with Crippen molar-refractivity contribution in [2.45, 2.75) is 46.8 Å². The van der Waals surface area contributed by atoms with E-state index in [1.54, 1.807) is 6.20 Å². The van der Waals surface area contributed by atoms with Gasteiger partial charge in [0, 0.05) is 18.4 Å². The van der Waals surface area contributed by atoms with Crippen molar-refractivity contribution in [2.75, 3.05) is 18.9 Å². The van der Waals surface area contributed by atoms with Crippen LogP contribution in [0, 0.1) is 12.8 Å². The zero-order chi connectivity index (χ0) is 14.4. The van der Waals surface area contributed by atoms with Crippen LogP contribution in [0.2, 0.25) is 0 Å². The van der Waals surface area contributed by atoms with Crippen LogP contribution < -0.4 is 11.1 Å². The fourth-order valence-electron chi connectivity index (χ4n) is 2.34. The van der Waals surface area contributed by atoms with Crippen LogP contribution in [-0.4, -0.2) is 24.2 Å². The van der Waals surface area contributed by atoms with Crippen molar-refractivity contribution in [3.63, 3.8) is 0 Å². The van der Waals surface area contributed by atoms with Gasteiger partial charge in [-0.25, -0.2) is 4.98 Å². The number of hydrogen-bond acceptors (Lipinski definition) is 4. The van der Waals surface area contributed by atoms with Crippen LogP contribution in [0.1, 0.15) is 44.9 Å². The molecule has 1 rings (SSSR count). The molecule has 2 atom stereocenters. The molecule has 0 aliphatic heterocycles. The zero-order valence-corrected chi connectivity index (χ0v) is 12.7. The molecule has 4 heteroatoms. The van der Waals surface area contributed by atoms with E-state index in [2.05, 4.69) is 37.1 Å². The van der Waals surface area contributed by atoms with E-state index in [0.29, 0.717) is 18.3 Å². The van der Waals surface area contributed by atoms with Crippen LogP contribution in [0.3, 0.4) is 0 Å². The van der Waals surface area contributed by atoms with E-state index in [1.807, 2.05) is 13.8 Å². The lowest BCUT2D eigenvalue weighted by atomic mass is 9.93. The SMILES string of the molecule is CCNC(c1cc(C)cnc1N)C(OCC)C(C)C. The first kappa shape index (κ1) is 15.9. The Kier molecular flexibility index (Phi) is 6.25. The van der Waals surface area contributed by atoms with E-state index in [-0.39, 0.29) is 12.1 Å². The summed E-state index contributed by atoms with van der Waals surface area (Å²) in [5, 5.41) is 3.49. The van der Waals surface area contributed by atoms with Gasteiger partial charge in [-0.05, 0) is 37.9 Å². The third kappa shape index (κ3) is 4.18. The van der Waals surface area contributed by atoms with Crippen molar-refractivity contribution < 1.29 is 4.74 Å². The molecule has 108 valence electrons. The van der Waals surface area contributed by atoms with Crippen LogP contribution in [0.4, 0.5) is 5.82 Å². The molecule has 19 heavy (non-hydrogen) atoms. The molecule has 0 aliphatic carbocycles. The lowest BCUT2D eigenvalue weighted by Crippen LogP contribution is -2.38. The highest BCUT2D eigenvalue weighted by Crippen LogP contribution is 2.28. The monoisotopic (exact) mass is 265 g/mol. The Bertz CT molecular complexity index is 393. The van der Waals surface area contributed by atoms with Crippen LogP contribution in [0.5, 0.6) is 0 Å². The van der Waals surface area contributed by atoms with Gasteiger partial charge in [-0.2, -0.15) is 0 Å². The minimum atomic E-state index is 0.0809. The fourth-order valence-corrected chi connectivity index (χ4v) is 2.34. The molecule has 0 fully saturated rings. The highest BCUT2D eigenvalue weighted by atomic mass is 16.5. The van der Waals surface area contributed by atoms with Crippen LogP contribution in [-0.2, 0) is 4.74 Å². The van der Waals surface area contributed by atoms with Gasteiger partial charge in [0.05, 0.1) is 12.1 Å². The first-order chi connectivity index (χ1) is 9.01. The molecule has 3 N–H and O–H groups in total. The summed E-state index contributed by atoms with van der Waals surface area (Å²) in [6.07, 6.45) is 1.89. The molecule has 1 aromatic heterocycles. The standard InChI is InChI=1S/C15H27N3O/c1-6-17-13(14(10(3)4)19-7-2)12-8-11(5)9-18-15(12)16/h8-10,13-14,17H,6-7H2,1-5H3,(H2,16,18). The first-order valence-electron chi connectivity index (χ1n) is 7.08. The van der Waals surface area contributed by atoms with E-state index in [4.69, 9.17) is 10.5 Å². The lowest BCUT2D eigenvalue weighted by molar-refractivity contribution is 0.00327. The second-order valence-electron chi connectivity index (χ2n) is 5.19. The van der Waals surface area contributed by atoms with Gasteiger partial charge in [-0.15, -0.1) is 0 Å². The molecule has 0 aromatic carbocycles. The Morgan fingerprint density at radius 2 is 2.05 bits per heavy atom. The summed E-state index contributed by atoms with van der Waals surface area (Å²) >= 11 is 0. The van der Waals surface area contributed by atoms with Gasteiger partial charge in [-0.3, -0.25) is 0 Å². The molecule has 1 aromatic rings. The first-order valence-corrected chi connectivity index (χ1v) is 7.08. The molecule has 0 aliphatic rings. The number of aromatic nitrogens is 1. The average Bonchev–Trinajstić information content (AvgIpc) is 2.36. The van der Waals surface area contributed by atoms with Crippen molar-refractivity contribution in [1.29, 1.82) is 0 Å². The van der Waals surface area contributed by atoms with E-state index in [9.17, 15) is 0 Å². The normalized spacial score (nSPS) is 14.6. The molecule has 0 spiro atoms. The minimum absolute atomic E-state index is 0.0809. The van der Waals surface area contributed by atoms with Gasteiger partial charge < -0.3 is 15.8 Å². The van der Waals surface area contributed by atoms with Crippen LogP contribution in [0.25, 0.3) is 0 Å². The molecule has 1 heterocycles. The molecule has 0 saturated heterocycles. The molecular weight excluding hydrogens is 238 g/mol. The minimum Gasteiger partial charge on any atom is -0.383 e. The van der Waals surface area contributed by atoms with Gasteiger partial charge in [0.25, 0.3) is 0 Å². The number of nitrogens with zero attached hydrogens (tertiary/aromatic N) is 1. The molecular formula is C15H27N3O. The summed E-state index contributed by atoms with van der Waals surface area (Å²) < 4.78 is 5.92. The van der Waals surface area contributed by atoms with Gasteiger partial charge >= 0.3 is 0 Å². The second kappa shape index (κ2) is 7.46. The van der Waals surface area contributed by atoms with Gasteiger partial charge in [0.1, 0.15) is 5.82 Å². The number of ether oxygens (including phenoxy) is 1. The predicted octanol–water partition coefficient (Wildman–Crippen LogP) is 2.68. The van der Waals surface area contributed by atoms with Crippen molar-refractivity contribution in [1.82, 2.24) is 10.3 Å². The van der Waals surface area contributed by atoms with Crippen molar-refractivity contribution in [3.05, 3.63) is 23.4 Å². The number of hydrogen-bond donors (Lipinski definition) is 2. The number of nitrogen functional groups attached to an aromatic ring is 1. The maximum atomic E-state index is 6.05. The molecule has 0 saturated carbocycles. The van der Waals surface area contributed by atoms with Crippen LogP contribution >= 0.6 is 0 Å². The predicted molar refractivity (Wildman–Crippen MR) is 80.1 cm³/mol. The molecule has 4 nitrogen and oxygen atoms in total. The maximum absolute atomic E-state index is 6.05. The summed E-state index contributed by atoms with van der Waals surface area (Å²) in [4.78, 5) is 4.27. The zero-order valence-electron chi connectivity index (χ0n) is 12.7. The topological polar surface area (TPSA) is 60.2 Å². The smallest absolute Gasteiger partial charge is 0.128 e. The largest absolute Gasteiger partial charge is 0.383 e. The Hall–Kier alpha value is -1.13. The third-order valence-corrected chi connectivity index (χ3v) is 3.19. The summed E-state index contributed by atoms with van der Waals surface area (Å²) in [6, 6.07) is 2.18. The lowest BCUT2D eigenvalue weighted by Gasteiger charge is -2.31. The number of anilines is 1. The Labute approximate surface area is 116 Å². The molecule has 0 amide bonds. The van der Waals surface area contributed by atoms with E-state index < -0.39 is 0 Å². The van der Waals surface area contributed by atoms with Crippen LogP contribution in [0.15, 0.2) is 12.3 Å². The Morgan fingerprint density at radius 1 is 1.37 bits per heavy atom. The third-order valence-electron chi connectivity index (χ3n) is 3.19. The highest BCUT2D eigenvalue weighted by Gasteiger charge is 2.27. The number of likely N-dealkylation sites (N-methyl/N-ethyl adjacent to an activating group) is 1. The number of pyridine rings is 1. The second-order valence-corrected chi connectivity index (χ2v) is 5.19. The summed E-state index contributed by atoms with van der Waals surface area (Å²) in [5.41, 5.74) is 8.20. The molecule has 0 radical (unpaired) electrons. The van der Waals surface area contributed by atoms with E-state index >= 15 is 0 Å². The number of rotatable bonds is 7. The van der Waals surface area contributed by atoms with E-state index in [1.165, 1.54) is 0 Å². The van der Waals surface area contributed by atoms with Gasteiger partial charge in [0.15, 0.2) is 0 Å². The average molecular weight is 265 g/mol. The quantitative estimate of drug-likeness (QED) is 0.795. The number of nitrogens with two attached hydrogens (primary N) is 1. The Balaban J connectivity index is 3.13. The fraction of sp³-hybridized carbons (Fsp3) is 0.667. The molecule has 2 unspecified atom stereocenters. The highest BCUT2D eigenvalue weighted by molar-refractivity contribution is 5.43. The number of aryl methyl sites for hydroxylation is 1. The van der Waals surface area contributed by atoms with Crippen molar-refractivity contribution in [2.24, 2.45) is 5.92 Å². The van der Waals surface area contributed by atoms with Crippen molar-refractivity contribution in [3.8, 4) is 0 Å². The summed E-state index contributed by atoms with van der Waals surface area (Å²) in [7, 11) is 0. The van der Waals surface area contributed by atoms with Gasteiger partial charge in [-0.1, -0.05) is 20.8 Å². The van der Waals surface area contributed by atoms with Gasteiger partial charge in [0.2, 0.25) is 0 Å². The molecule has 0 bridgehead atoms. The van der Waals surface area contributed by atoms with E-state index in [0.717, 1.165) is 17.7 Å². The maximum Gasteiger partial charge on any atom is 0.128 e. The summed E-state index contributed by atoms with van der Waals surface area (Å²) in [5.74, 6) is 0.991. The Morgan fingerprint density at radius 3 is 2.58 bits per heavy atom. The van der Waals surface area contributed by atoms with Crippen molar-refractivity contribution >= 4 is 5.82 Å². The summed E-state index contributed by atoms with van der Waals surface area (Å²) in [6.45, 7) is 12.1.